The number of aliphatic hydroxyl groups excluding tert-OH is 1. The lowest BCUT2D eigenvalue weighted by Crippen LogP contribution is -2.52. The summed E-state index contributed by atoms with van der Waals surface area (Å²) < 4.78 is 11.9. The van der Waals surface area contributed by atoms with Gasteiger partial charge in [-0.1, -0.05) is 66.7 Å². The maximum Gasteiger partial charge on any atom is 0.410 e. The molecule has 1 amide bonds. The molecule has 6 nitrogen and oxygen atoms in total. The summed E-state index contributed by atoms with van der Waals surface area (Å²) in [6.45, 7) is 4.22. The number of amides is 1. The Hall–Kier alpha value is -2.52. The van der Waals surface area contributed by atoms with Crippen molar-refractivity contribution in [2.24, 2.45) is 5.92 Å². The van der Waals surface area contributed by atoms with E-state index in [2.05, 4.69) is 18.2 Å². The van der Waals surface area contributed by atoms with E-state index in [-0.39, 0.29) is 24.2 Å². The Morgan fingerprint density at radius 3 is 2.30 bits per heavy atom. The molecule has 1 N–H and O–H groups in total. The highest BCUT2D eigenvalue weighted by molar-refractivity contribution is 8.18. The molecule has 0 bridgehead atoms. The maximum atomic E-state index is 13.5. The van der Waals surface area contributed by atoms with Gasteiger partial charge in [0.25, 0.3) is 0 Å². The molecule has 8 heteroatoms. The number of rotatable bonds is 8. The van der Waals surface area contributed by atoms with Crippen molar-refractivity contribution in [1.29, 1.82) is 0 Å². The van der Waals surface area contributed by atoms with E-state index in [1.54, 1.807) is 0 Å². The minimum absolute atomic E-state index is 0.0434. The van der Waals surface area contributed by atoms with Crippen LogP contribution >= 0.6 is 23.5 Å². The molecule has 2 aromatic carbocycles. The molecule has 2 fully saturated rings. The van der Waals surface area contributed by atoms with E-state index in [9.17, 15) is 9.90 Å². The lowest BCUT2D eigenvalue weighted by atomic mass is 9.84. The fourth-order valence-electron chi connectivity index (χ4n) is 5.66. The molecule has 3 heterocycles. The van der Waals surface area contributed by atoms with Crippen LogP contribution in [0.2, 0.25) is 0 Å². The Bertz CT molecular complexity index is 1210. The monoisotopic (exact) mass is 578 g/mol. The molecule has 4 atom stereocenters. The molecule has 0 aliphatic carbocycles. The summed E-state index contributed by atoms with van der Waals surface area (Å²) in [5, 5.41) is 11.4. The van der Waals surface area contributed by atoms with Crippen LogP contribution in [0, 0.1) is 5.92 Å². The number of aromatic nitrogens is 1. The second-order valence-corrected chi connectivity index (χ2v) is 13.5. The summed E-state index contributed by atoms with van der Waals surface area (Å²) in [6.07, 6.45) is 2.51. The van der Waals surface area contributed by atoms with Crippen molar-refractivity contribution in [2.75, 3.05) is 18.1 Å². The number of nitrogens with zero attached hydrogens (tertiary/aromatic N) is 2. The lowest BCUT2D eigenvalue weighted by Gasteiger charge is -2.49. The number of benzene rings is 2. The van der Waals surface area contributed by atoms with Gasteiger partial charge in [0.15, 0.2) is 6.29 Å². The predicted octanol–water partition coefficient (Wildman–Crippen LogP) is 7.18. The van der Waals surface area contributed by atoms with E-state index in [1.165, 1.54) is 0 Å². The maximum absolute atomic E-state index is 13.5. The Kier molecular flexibility index (Phi) is 9.73. The summed E-state index contributed by atoms with van der Waals surface area (Å²) in [7, 11) is 0. The van der Waals surface area contributed by atoms with Gasteiger partial charge in [-0.25, -0.2) is 4.79 Å². The molecule has 212 valence electrons. The first-order chi connectivity index (χ1) is 19.5. The van der Waals surface area contributed by atoms with Crippen LogP contribution in [0.3, 0.4) is 0 Å². The number of thioether (sulfide) groups is 2. The molecule has 40 heavy (non-hydrogen) atoms. The Morgan fingerprint density at radius 2 is 1.65 bits per heavy atom. The Balaban J connectivity index is 1.53. The van der Waals surface area contributed by atoms with Crippen molar-refractivity contribution < 1.29 is 19.4 Å². The first-order valence-electron chi connectivity index (χ1n) is 14.1. The van der Waals surface area contributed by atoms with Gasteiger partial charge >= 0.3 is 6.09 Å². The number of hydrogen-bond acceptors (Lipinski definition) is 7. The van der Waals surface area contributed by atoms with Gasteiger partial charge in [0.05, 0.1) is 23.9 Å². The Labute approximate surface area is 245 Å². The SMILES string of the molecule is CC(C)OC(=O)N1CC(C(OC(O)c2ccccc2)C2(c3ccccn3)SCCCS2)CCC1c1ccccc1. The number of carbonyl (C=O) groups is 1. The van der Waals surface area contributed by atoms with Gasteiger partial charge in [-0.2, -0.15) is 0 Å². The summed E-state index contributed by atoms with van der Waals surface area (Å²) >= 11 is 3.70. The number of piperidine rings is 1. The van der Waals surface area contributed by atoms with Crippen LogP contribution in [0.5, 0.6) is 0 Å². The molecule has 1 aromatic heterocycles. The van der Waals surface area contributed by atoms with E-state index >= 15 is 0 Å². The minimum Gasteiger partial charge on any atom is -0.447 e. The van der Waals surface area contributed by atoms with Gasteiger partial charge in [-0.05, 0) is 62.3 Å². The van der Waals surface area contributed by atoms with Gasteiger partial charge < -0.3 is 19.5 Å². The fourth-order valence-corrected chi connectivity index (χ4v) is 9.22. The van der Waals surface area contributed by atoms with Crippen LogP contribution < -0.4 is 0 Å². The van der Waals surface area contributed by atoms with E-state index in [0.717, 1.165) is 42.0 Å². The minimum atomic E-state index is -1.10. The summed E-state index contributed by atoms with van der Waals surface area (Å²) in [5.74, 6) is 1.91. The molecule has 4 unspecified atom stereocenters. The van der Waals surface area contributed by atoms with Crippen LogP contribution in [0.4, 0.5) is 4.79 Å². The first-order valence-corrected chi connectivity index (χ1v) is 16.0. The highest BCUT2D eigenvalue weighted by Crippen LogP contribution is 2.56. The van der Waals surface area contributed by atoms with Crippen molar-refractivity contribution in [3.05, 3.63) is 102 Å². The number of likely N-dealkylation sites (tertiary alicyclic amines) is 1. The topological polar surface area (TPSA) is 71.9 Å². The van der Waals surface area contributed by atoms with Gasteiger partial charge in [-0.3, -0.25) is 4.98 Å². The van der Waals surface area contributed by atoms with Crippen LogP contribution in [0.1, 0.15) is 62.3 Å². The second-order valence-electron chi connectivity index (χ2n) is 10.6. The Morgan fingerprint density at radius 1 is 0.975 bits per heavy atom. The average molecular weight is 579 g/mol. The standard InChI is InChI=1S/C32H38N2O4S2/c1-23(2)37-31(36)34-22-26(17-18-27(34)24-12-5-3-6-13-24)29(38-30(35)25-14-7-4-8-15-25)32(39-20-11-21-40-32)28-16-9-10-19-33-28/h3-10,12-16,19,23,26-27,29-30,35H,11,17-18,20-22H2,1-2H3. The van der Waals surface area contributed by atoms with Crippen molar-refractivity contribution in [3.8, 4) is 0 Å². The third-order valence-corrected chi connectivity index (χ3v) is 10.9. The lowest BCUT2D eigenvalue weighted by molar-refractivity contribution is -0.165. The molecule has 0 spiro atoms. The van der Waals surface area contributed by atoms with Crippen molar-refractivity contribution in [1.82, 2.24) is 9.88 Å². The van der Waals surface area contributed by atoms with Gasteiger partial charge in [-0.15, -0.1) is 23.5 Å². The quantitative estimate of drug-likeness (QED) is 0.284. The van der Waals surface area contributed by atoms with Crippen molar-refractivity contribution in [3.63, 3.8) is 0 Å². The second kappa shape index (κ2) is 13.4. The molecule has 5 rings (SSSR count). The highest BCUT2D eigenvalue weighted by atomic mass is 32.2. The summed E-state index contributed by atoms with van der Waals surface area (Å²) in [4.78, 5) is 20.2. The number of pyridine rings is 1. The molecular weight excluding hydrogens is 540 g/mol. The van der Waals surface area contributed by atoms with E-state index in [1.807, 2.05) is 109 Å². The molecule has 2 aliphatic rings. The van der Waals surface area contributed by atoms with Crippen molar-refractivity contribution >= 4 is 29.6 Å². The van der Waals surface area contributed by atoms with Crippen LogP contribution in [-0.4, -0.2) is 51.3 Å². The van der Waals surface area contributed by atoms with E-state index in [4.69, 9.17) is 14.5 Å². The summed E-state index contributed by atoms with van der Waals surface area (Å²) in [6, 6.07) is 25.6. The van der Waals surface area contributed by atoms with Crippen LogP contribution in [0.25, 0.3) is 0 Å². The molecule has 0 saturated carbocycles. The van der Waals surface area contributed by atoms with E-state index < -0.39 is 16.5 Å². The zero-order chi connectivity index (χ0) is 28.0. The number of aliphatic hydroxyl groups is 1. The number of carbonyl (C=O) groups excluding carboxylic acids is 1. The van der Waals surface area contributed by atoms with Crippen molar-refractivity contribution in [2.45, 2.75) is 61.7 Å². The fraction of sp³-hybridized carbons (Fsp3) is 0.438. The van der Waals surface area contributed by atoms with Crippen LogP contribution in [0.15, 0.2) is 85.1 Å². The zero-order valence-corrected chi connectivity index (χ0v) is 24.7. The summed E-state index contributed by atoms with van der Waals surface area (Å²) in [5.41, 5.74) is 2.75. The number of ether oxygens (including phenoxy) is 2. The smallest absolute Gasteiger partial charge is 0.410 e. The van der Waals surface area contributed by atoms with Gasteiger partial charge in [0.1, 0.15) is 4.08 Å². The first kappa shape index (κ1) is 29.0. The highest BCUT2D eigenvalue weighted by Gasteiger charge is 2.51. The molecule has 2 aliphatic heterocycles. The largest absolute Gasteiger partial charge is 0.447 e. The zero-order valence-electron chi connectivity index (χ0n) is 23.1. The molecular formula is C32H38N2O4S2. The van der Waals surface area contributed by atoms with Gasteiger partial charge in [0, 0.05) is 24.2 Å². The normalized spacial score (nSPS) is 22.4. The molecule has 2 saturated heterocycles. The van der Waals surface area contributed by atoms with Crippen LogP contribution in [-0.2, 0) is 13.6 Å². The van der Waals surface area contributed by atoms with Gasteiger partial charge in [0.2, 0.25) is 0 Å². The van der Waals surface area contributed by atoms with E-state index in [0.29, 0.717) is 12.1 Å². The molecule has 0 radical (unpaired) electrons. The predicted molar refractivity (Wildman–Crippen MR) is 162 cm³/mol. The molecule has 3 aromatic rings. The number of hydrogen-bond donors (Lipinski definition) is 1. The third kappa shape index (κ3) is 6.51. The third-order valence-electron chi connectivity index (χ3n) is 7.48. The average Bonchev–Trinajstić information content (AvgIpc) is 3.01.